The van der Waals surface area contributed by atoms with Gasteiger partial charge in [0.15, 0.2) is 0 Å². The molecule has 0 amide bonds. The van der Waals surface area contributed by atoms with E-state index in [9.17, 15) is 9.59 Å². The molecule has 0 radical (unpaired) electrons. The molecule has 0 spiro atoms. The maximum Gasteiger partial charge on any atom is 0.326 e. The number of thiol groups is 1. The monoisotopic (exact) mass is 186 g/mol. The van der Waals surface area contributed by atoms with Crippen molar-refractivity contribution in [2.45, 2.75) is 24.8 Å². The van der Waals surface area contributed by atoms with Crippen LogP contribution in [0.4, 0.5) is 0 Å². The van der Waals surface area contributed by atoms with Crippen molar-refractivity contribution < 1.29 is 0 Å². The molecule has 2 N–H and O–H groups in total. The second-order valence-electron chi connectivity index (χ2n) is 2.83. The first-order chi connectivity index (χ1) is 5.52. The van der Waals surface area contributed by atoms with Gasteiger partial charge in [-0.05, 0) is 5.92 Å². The lowest BCUT2D eigenvalue weighted by molar-refractivity contribution is 0.773. The molecule has 0 saturated carbocycles. The molecule has 0 bridgehead atoms. The molecule has 1 aromatic heterocycles. The largest absolute Gasteiger partial charge is 0.326 e. The Bertz CT molecular complexity index is 391. The second kappa shape index (κ2) is 3.18. The fourth-order valence-electron chi connectivity index (χ4n) is 1.02. The second-order valence-corrected chi connectivity index (χ2v) is 3.27. The van der Waals surface area contributed by atoms with Gasteiger partial charge in [0.25, 0.3) is 5.56 Å². The molecule has 0 atom stereocenters. The van der Waals surface area contributed by atoms with Crippen LogP contribution < -0.4 is 11.2 Å². The number of aromatic nitrogens is 2. The van der Waals surface area contributed by atoms with E-state index < -0.39 is 5.69 Å². The molecule has 12 heavy (non-hydrogen) atoms. The Balaban J connectivity index is 3.49. The van der Waals surface area contributed by atoms with E-state index in [2.05, 4.69) is 22.6 Å². The lowest BCUT2D eigenvalue weighted by atomic mass is 10.1. The van der Waals surface area contributed by atoms with Gasteiger partial charge in [0.2, 0.25) is 0 Å². The van der Waals surface area contributed by atoms with Crippen LogP contribution in [0, 0.1) is 0 Å². The predicted molar refractivity (Wildman–Crippen MR) is 49.0 cm³/mol. The van der Waals surface area contributed by atoms with Gasteiger partial charge in [0.1, 0.15) is 0 Å². The summed E-state index contributed by atoms with van der Waals surface area (Å²) in [6.07, 6.45) is 0. The molecule has 1 heterocycles. The van der Waals surface area contributed by atoms with Crippen LogP contribution >= 0.6 is 12.6 Å². The molecule has 0 aliphatic rings. The first-order valence-electron chi connectivity index (χ1n) is 3.58. The molecule has 0 aliphatic carbocycles. The van der Waals surface area contributed by atoms with E-state index >= 15 is 0 Å². The van der Waals surface area contributed by atoms with Gasteiger partial charge in [-0.15, -0.1) is 12.6 Å². The van der Waals surface area contributed by atoms with E-state index in [4.69, 9.17) is 0 Å². The zero-order chi connectivity index (χ0) is 9.30. The van der Waals surface area contributed by atoms with Crippen LogP contribution in [0.1, 0.15) is 25.3 Å². The molecule has 0 fully saturated rings. The number of H-pyrrole nitrogens is 2. The summed E-state index contributed by atoms with van der Waals surface area (Å²) in [5, 5.41) is 0.346. The highest BCUT2D eigenvalue weighted by molar-refractivity contribution is 7.80. The zero-order valence-corrected chi connectivity index (χ0v) is 7.74. The van der Waals surface area contributed by atoms with Gasteiger partial charge in [-0.3, -0.25) is 9.78 Å². The summed E-state index contributed by atoms with van der Waals surface area (Å²) in [6.45, 7) is 3.73. The van der Waals surface area contributed by atoms with Crippen LogP contribution in [0.3, 0.4) is 0 Å². The maximum atomic E-state index is 11.2. The summed E-state index contributed by atoms with van der Waals surface area (Å²) < 4.78 is 0. The summed E-state index contributed by atoms with van der Waals surface area (Å²) in [4.78, 5) is 26.5. The number of hydrogen-bond donors (Lipinski definition) is 3. The number of nitrogens with one attached hydrogen (secondary N) is 2. The smallest absolute Gasteiger partial charge is 0.302 e. The lowest BCUT2D eigenvalue weighted by Gasteiger charge is -2.04. The third-order valence-electron chi connectivity index (χ3n) is 1.54. The van der Waals surface area contributed by atoms with Crippen LogP contribution in [0.2, 0.25) is 0 Å². The molecule has 1 rings (SSSR count). The first kappa shape index (κ1) is 9.12. The molecule has 66 valence electrons. The first-order valence-corrected chi connectivity index (χ1v) is 4.02. The summed E-state index contributed by atoms with van der Waals surface area (Å²) >= 11 is 4.00. The predicted octanol–water partition coefficient (Wildman–Crippen LogP) is 0.475. The minimum absolute atomic E-state index is 0.0538. The van der Waals surface area contributed by atoms with Gasteiger partial charge in [0, 0.05) is 5.56 Å². The van der Waals surface area contributed by atoms with E-state index in [1.807, 2.05) is 13.8 Å². The third kappa shape index (κ3) is 1.61. The minimum atomic E-state index is -0.519. The van der Waals surface area contributed by atoms with Crippen LogP contribution in [0.5, 0.6) is 0 Å². The van der Waals surface area contributed by atoms with Crippen molar-refractivity contribution in [3.8, 4) is 0 Å². The van der Waals surface area contributed by atoms with E-state index in [1.54, 1.807) is 0 Å². The Labute approximate surface area is 74.4 Å². The highest BCUT2D eigenvalue weighted by Crippen LogP contribution is 2.13. The highest BCUT2D eigenvalue weighted by atomic mass is 32.1. The van der Waals surface area contributed by atoms with Crippen molar-refractivity contribution >= 4 is 12.6 Å². The van der Waals surface area contributed by atoms with Gasteiger partial charge >= 0.3 is 5.69 Å². The molecule has 1 aromatic rings. The summed E-state index contributed by atoms with van der Waals surface area (Å²) in [5.74, 6) is 0.0538. The van der Waals surface area contributed by atoms with E-state index in [0.29, 0.717) is 10.6 Å². The van der Waals surface area contributed by atoms with E-state index in [0.717, 1.165) is 0 Å². The Morgan fingerprint density at radius 2 is 1.83 bits per heavy atom. The number of hydrogen-bond acceptors (Lipinski definition) is 3. The number of aromatic amines is 2. The standard InChI is InChI=1S/C7H10N2O2S/c1-3(2)4-5(10)8-7(11)9-6(4)12/h3H,1-2H3,(H3,8,9,10,11,12). The normalized spacial score (nSPS) is 10.7. The van der Waals surface area contributed by atoms with Crippen molar-refractivity contribution in [1.29, 1.82) is 0 Å². The molecular formula is C7H10N2O2S. The van der Waals surface area contributed by atoms with Crippen molar-refractivity contribution in [2.24, 2.45) is 0 Å². The summed E-state index contributed by atoms with van der Waals surface area (Å²) in [5.41, 5.74) is -0.369. The zero-order valence-electron chi connectivity index (χ0n) is 6.84. The Morgan fingerprint density at radius 1 is 1.25 bits per heavy atom. The van der Waals surface area contributed by atoms with Gasteiger partial charge in [-0.2, -0.15) is 0 Å². The molecule has 5 heteroatoms. The lowest BCUT2D eigenvalue weighted by Crippen LogP contribution is -2.26. The maximum absolute atomic E-state index is 11.2. The quantitative estimate of drug-likeness (QED) is 0.441. The van der Waals surface area contributed by atoms with Crippen LogP contribution in [0.15, 0.2) is 14.6 Å². The minimum Gasteiger partial charge on any atom is -0.302 e. The molecule has 0 unspecified atom stereocenters. The van der Waals surface area contributed by atoms with Crippen molar-refractivity contribution in [2.75, 3.05) is 0 Å². The van der Waals surface area contributed by atoms with Crippen LogP contribution in [0.25, 0.3) is 0 Å². The van der Waals surface area contributed by atoms with Crippen molar-refractivity contribution in [3.05, 3.63) is 26.4 Å². The van der Waals surface area contributed by atoms with Crippen molar-refractivity contribution in [3.63, 3.8) is 0 Å². The topological polar surface area (TPSA) is 65.7 Å². The van der Waals surface area contributed by atoms with E-state index in [-0.39, 0.29) is 11.5 Å². The highest BCUT2D eigenvalue weighted by Gasteiger charge is 2.09. The Morgan fingerprint density at radius 3 is 2.25 bits per heavy atom. The van der Waals surface area contributed by atoms with Gasteiger partial charge < -0.3 is 4.98 Å². The van der Waals surface area contributed by atoms with Gasteiger partial charge in [-0.1, -0.05) is 13.8 Å². The Kier molecular flexibility index (Phi) is 2.42. The Hall–Kier alpha value is -0.970. The summed E-state index contributed by atoms with van der Waals surface area (Å²) in [7, 11) is 0. The average molecular weight is 186 g/mol. The van der Waals surface area contributed by atoms with Crippen LogP contribution in [-0.4, -0.2) is 9.97 Å². The number of rotatable bonds is 1. The molecular weight excluding hydrogens is 176 g/mol. The average Bonchev–Trinajstić information content (AvgIpc) is 1.82. The van der Waals surface area contributed by atoms with E-state index in [1.165, 1.54) is 0 Å². The fourth-order valence-corrected chi connectivity index (χ4v) is 1.48. The van der Waals surface area contributed by atoms with Crippen LogP contribution in [-0.2, 0) is 0 Å². The molecule has 0 saturated heterocycles. The van der Waals surface area contributed by atoms with Gasteiger partial charge in [0.05, 0.1) is 5.03 Å². The third-order valence-corrected chi connectivity index (χ3v) is 1.89. The molecule has 4 nitrogen and oxygen atoms in total. The van der Waals surface area contributed by atoms with Crippen molar-refractivity contribution in [1.82, 2.24) is 9.97 Å². The molecule has 0 aliphatic heterocycles. The van der Waals surface area contributed by atoms with Gasteiger partial charge in [-0.25, -0.2) is 4.79 Å². The fraction of sp³-hybridized carbons (Fsp3) is 0.429. The summed E-state index contributed by atoms with van der Waals surface area (Å²) in [6, 6.07) is 0. The molecule has 0 aromatic carbocycles. The SMILES string of the molecule is CC(C)c1c(S)[nH]c(=O)[nH]c1=O.